The molecule has 0 aromatic heterocycles. The van der Waals surface area contributed by atoms with E-state index in [4.69, 9.17) is 17.3 Å². The highest BCUT2D eigenvalue weighted by Gasteiger charge is 2.34. The minimum Gasteiger partial charge on any atom is -0.481 e. The van der Waals surface area contributed by atoms with Gasteiger partial charge >= 0.3 is 5.97 Å². The number of carbonyl (C=O) groups excluding carboxylic acids is 1. The van der Waals surface area contributed by atoms with E-state index in [1.807, 2.05) is 0 Å². The lowest BCUT2D eigenvalue weighted by atomic mass is 9.94. The largest absolute Gasteiger partial charge is 0.481 e. The quantitative estimate of drug-likeness (QED) is 0.472. The number of nitrogens with one attached hydrogen (secondary N) is 1. The summed E-state index contributed by atoms with van der Waals surface area (Å²) in [6.45, 7) is 3.51. The molecule has 2 aliphatic rings. The first-order chi connectivity index (χ1) is 13.5. The molecular weight excluding hydrogens is 392 g/mol. The van der Waals surface area contributed by atoms with Crippen molar-refractivity contribution >= 4 is 51.4 Å². The fourth-order valence-electron chi connectivity index (χ4n) is 3.57. The van der Waals surface area contributed by atoms with Crippen LogP contribution in [-0.4, -0.2) is 39.3 Å². The molecule has 1 aromatic rings. The van der Waals surface area contributed by atoms with Gasteiger partial charge in [-0.15, -0.1) is 0 Å². The van der Waals surface area contributed by atoms with Gasteiger partial charge in [0.25, 0.3) is 5.91 Å². The fourth-order valence-corrected chi connectivity index (χ4v) is 4.99. The van der Waals surface area contributed by atoms with E-state index in [9.17, 15) is 9.59 Å². The van der Waals surface area contributed by atoms with Crippen LogP contribution >= 0.6 is 24.0 Å². The molecule has 2 aliphatic heterocycles. The SMILES string of the molecule is CCCCC(=C1SC(=S)N(CCCC(=O)O)C1=O)c1ccc2c(c1)CCCN2. The third-order valence-electron chi connectivity index (χ3n) is 5.07. The molecule has 0 spiro atoms. The van der Waals surface area contributed by atoms with E-state index in [1.165, 1.54) is 23.0 Å². The second-order valence-corrected chi connectivity index (χ2v) is 8.78. The number of rotatable bonds is 8. The van der Waals surface area contributed by atoms with Gasteiger partial charge in [-0.25, -0.2) is 0 Å². The topological polar surface area (TPSA) is 69.6 Å². The molecule has 2 N–H and O–H groups in total. The van der Waals surface area contributed by atoms with E-state index in [0.717, 1.165) is 49.8 Å². The zero-order valence-corrected chi connectivity index (χ0v) is 17.8. The standard InChI is InChI=1S/C21H26N2O3S2/c1-2-3-7-16(14-9-10-17-15(13-14)6-4-11-22-17)19-20(26)23(21(27)28-19)12-5-8-18(24)25/h9-10,13,22H,2-8,11-12H2,1H3,(H,24,25). The second kappa shape index (κ2) is 9.56. The monoisotopic (exact) mass is 418 g/mol. The lowest BCUT2D eigenvalue weighted by molar-refractivity contribution is -0.137. The van der Waals surface area contributed by atoms with E-state index >= 15 is 0 Å². The number of aryl methyl sites for hydroxylation is 1. The van der Waals surface area contributed by atoms with E-state index in [0.29, 0.717) is 22.2 Å². The van der Waals surface area contributed by atoms with Crippen molar-refractivity contribution < 1.29 is 14.7 Å². The van der Waals surface area contributed by atoms with Crippen LogP contribution in [0.1, 0.15) is 56.6 Å². The minimum atomic E-state index is -0.854. The number of nitrogens with zero attached hydrogens (tertiary/aromatic N) is 1. The van der Waals surface area contributed by atoms with Gasteiger partial charge in [0.05, 0.1) is 4.91 Å². The van der Waals surface area contributed by atoms with E-state index in [2.05, 4.69) is 30.4 Å². The number of thiocarbonyl (C=S) groups is 1. The minimum absolute atomic E-state index is 0.0383. The Morgan fingerprint density at radius 2 is 2.14 bits per heavy atom. The molecule has 0 radical (unpaired) electrons. The maximum absolute atomic E-state index is 13.1. The Balaban J connectivity index is 1.89. The number of fused-ring (bicyclic) bond motifs is 1. The first kappa shape index (κ1) is 20.9. The zero-order valence-electron chi connectivity index (χ0n) is 16.1. The van der Waals surface area contributed by atoms with E-state index in [1.54, 1.807) is 4.90 Å². The number of unbranched alkanes of at least 4 members (excludes halogenated alkanes) is 1. The third kappa shape index (κ3) is 4.75. The summed E-state index contributed by atoms with van der Waals surface area (Å²) < 4.78 is 0.527. The summed E-state index contributed by atoms with van der Waals surface area (Å²) >= 11 is 6.78. The van der Waals surface area contributed by atoms with Crippen LogP contribution in [0.4, 0.5) is 5.69 Å². The van der Waals surface area contributed by atoms with Crippen molar-refractivity contribution in [1.82, 2.24) is 4.90 Å². The van der Waals surface area contributed by atoms with E-state index in [-0.39, 0.29) is 12.3 Å². The van der Waals surface area contributed by atoms with Crippen molar-refractivity contribution in [2.24, 2.45) is 0 Å². The fraction of sp³-hybridized carbons (Fsp3) is 0.476. The van der Waals surface area contributed by atoms with E-state index < -0.39 is 5.97 Å². The Morgan fingerprint density at radius 1 is 1.32 bits per heavy atom. The number of carboxylic acid groups (broad SMARTS) is 1. The van der Waals surface area contributed by atoms with Crippen molar-refractivity contribution in [3.05, 3.63) is 34.2 Å². The molecule has 0 saturated carbocycles. The average molecular weight is 419 g/mol. The number of allylic oxidation sites excluding steroid dienone is 1. The maximum atomic E-state index is 13.1. The first-order valence-corrected chi connectivity index (χ1v) is 11.1. The molecule has 150 valence electrons. The molecule has 2 heterocycles. The highest BCUT2D eigenvalue weighted by molar-refractivity contribution is 8.26. The van der Waals surface area contributed by atoms with Crippen LogP contribution in [0, 0.1) is 0 Å². The van der Waals surface area contributed by atoms with Crippen LogP contribution in [0.15, 0.2) is 23.1 Å². The van der Waals surface area contributed by atoms with Gasteiger partial charge in [0, 0.05) is 25.2 Å². The molecule has 1 aromatic carbocycles. The molecular formula is C21H26N2O3S2. The molecule has 28 heavy (non-hydrogen) atoms. The number of anilines is 1. The summed E-state index contributed by atoms with van der Waals surface area (Å²) in [4.78, 5) is 26.1. The number of hydrogen-bond acceptors (Lipinski definition) is 5. The van der Waals surface area contributed by atoms with Crippen LogP contribution in [0.2, 0.25) is 0 Å². The number of hydrogen-bond donors (Lipinski definition) is 2. The molecule has 0 unspecified atom stereocenters. The average Bonchev–Trinajstić information content (AvgIpc) is 2.96. The van der Waals surface area contributed by atoms with Crippen LogP contribution < -0.4 is 5.32 Å². The number of carboxylic acids is 1. The van der Waals surface area contributed by atoms with Crippen molar-refractivity contribution in [3.63, 3.8) is 0 Å². The van der Waals surface area contributed by atoms with Crippen molar-refractivity contribution in [3.8, 4) is 0 Å². The number of aliphatic carboxylic acids is 1. The third-order valence-corrected chi connectivity index (χ3v) is 6.56. The van der Waals surface area contributed by atoms with Gasteiger partial charge in [-0.2, -0.15) is 0 Å². The molecule has 1 saturated heterocycles. The molecule has 1 amide bonds. The Morgan fingerprint density at radius 3 is 2.89 bits per heavy atom. The summed E-state index contributed by atoms with van der Waals surface area (Å²) in [5.41, 5.74) is 4.65. The number of benzene rings is 1. The van der Waals surface area contributed by atoms with Crippen molar-refractivity contribution in [1.29, 1.82) is 0 Å². The number of carbonyl (C=O) groups is 2. The van der Waals surface area contributed by atoms with Crippen molar-refractivity contribution in [2.75, 3.05) is 18.4 Å². The Labute approximate surface area is 175 Å². The normalized spacial score (nSPS) is 18.1. The molecule has 5 nitrogen and oxygen atoms in total. The van der Waals surface area contributed by atoms with Gasteiger partial charge in [-0.05, 0) is 60.9 Å². The van der Waals surface area contributed by atoms with Crippen LogP contribution in [0.25, 0.3) is 5.57 Å². The first-order valence-electron chi connectivity index (χ1n) is 9.87. The number of thioether (sulfide) groups is 1. The molecule has 0 aliphatic carbocycles. The summed E-state index contributed by atoms with van der Waals surface area (Å²) in [6, 6.07) is 6.42. The lowest BCUT2D eigenvalue weighted by Crippen LogP contribution is -2.29. The van der Waals surface area contributed by atoms with Gasteiger partial charge in [0.15, 0.2) is 0 Å². The van der Waals surface area contributed by atoms with Gasteiger partial charge in [0.1, 0.15) is 4.32 Å². The summed E-state index contributed by atoms with van der Waals surface area (Å²) in [5, 5.41) is 12.3. The lowest BCUT2D eigenvalue weighted by Gasteiger charge is -2.20. The maximum Gasteiger partial charge on any atom is 0.303 e. The Bertz CT molecular complexity index is 820. The van der Waals surface area contributed by atoms with Gasteiger partial charge in [-0.3, -0.25) is 14.5 Å². The van der Waals surface area contributed by atoms with Gasteiger partial charge < -0.3 is 10.4 Å². The van der Waals surface area contributed by atoms with Gasteiger partial charge in [-0.1, -0.05) is 43.4 Å². The molecule has 3 rings (SSSR count). The summed E-state index contributed by atoms with van der Waals surface area (Å²) in [5.74, 6) is -0.936. The zero-order chi connectivity index (χ0) is 20.1. The molecule has 7 heteroatoms. The molecule has 0 bridgehead atoms. The van der Waals surface area contributed by atoms with Crippen LogP contribution in [0.3, 0.4) is 0 Å². The smallest absolute Gasteiger partial charge is 0.303 e. The predicted molar refractivity (Wildman–Crippen MR) is 118 cm³/mol. The Hall–Kier alpha value is -1.86. The van der Waals surface area contributed by atoms with Gasteiger partial charge in [0.2, 0.25) is 0 Å². The predicted octanol–water partition coefficient (Wildman–Crippen LogP) is 4.67. The van der Waals surface area contributed by atoms with Crippen molar-refractivity contribution in [2.45, 2.75) is 51.9 Å². The molecule has 0 atom stereocenters. The van der Waals surface area contributed by atoms with Crippen LogP contribution in [-0.2, 0) is 16.0 Å². The Kier molecular flexibility index (Phi) is 7.13. The highest BCUT2D eigenvalue weighted by Crippen LogP contribution is 2.40. The summed E-state index contributed by atoms with van der Waals surface area (Å²) in [7, 11) is 0. The highest BCUT2D eigenvalue weighted by atomic mass is 32.2. The second-order valence-electron chi connectivity index (χ2n) is 7.14. The van der Waals surface area contributed by atoms with Crippen LogP contribution in [0.5, 0.6) is 0 Å². The molecule has 1 fully saturated rings. The number of amides is 1. The summed E-state index contributed by atoms with van der Waals surface area (Å²) in [6.07, 6.45) is 5.51.